The summed E-state index contributed by atoms with van der Waals surface area (Å²) >= 11 is 0. The zero-order valence-electron chi connectivity index (χ0n) is 11.3. The predicted molar refractivity (Wildman–Crippen MR) is 72.2 cm³/mol. The maximum absolute atomic E-state index is 11.1. The molecular formula is C13H15BNO5. The van der Waals surface area contributed by atoms with Crippen molar-refractivity contribution in [3.63, 3.8) is 0 Å². The molecule has 1 heterocycles. The van der Waals surface area contributed by atoms with Gasteiger partial charge < -0.3 is 19.8 Å². The fraction of sp³-hybridized carbons (Fsp3) is 0.385. The molecule has 1 aliphatic heterocycles. The number of carboxylic acids is 1. The number of aliphatic carboxylic acids is 1. The first kappa shape index (κ1) is 14.4. The van der Waals surface area contributed by atoms with Gasteiger partial charge in [0.15, 0.2) is 6.61 Å². The molecule has 105 valence electrons. The Morgan fingerprint density at radius 2 is 2.25 bits per heavy atom. The molecule has 1 atom stereocenters. The van der Waals surface area contributed by atoms with Gasteiger partial charge in [0.05, 0.1) is 12.5 Å². The Bertz CT molecular complexity index is 546. The van der Waals surface area contributed by atoms with Gasteiger partial charge in [-0.3, -0.25) is 9.59 Å². The topological polar surface area (TPSA) is 84.9 Å². The summed E-state index contributed by atoms with van der Waals surface area (Å²) < 4.78 is 10.8. The van der Waals surface area contributed by atoms with Gasteiger partial charge in [0.2, 0.25) is 0 Å². The van der Waals surface area contributed by atoms with Crippen LogP contribution in [0.2, 0.25) is 0 Å². The summed E-state index contributed by atoms with van der Waals surface area (Å²) in [6.45, 7) is 1.80. The number of carboxylic acid groups (broad SMARTS) is 1. The molecule has 1 amide bonds. The van der Waals surface area contributed by atoms with Crippen molar-refractivity contribution in [1.29, 1.82) is 0 Å². The van der Waals surface area contributed by atoms with Crippen LogP contribution in [0.1, 0.15) is 23.7 Å². The second-order valence-electron chi connectivity index (χ2n) is 4.55. The number of likely N-dealkylation sites (N-methyl/N-ethyl adjacent to an activating group) is 1. The van der Waals surface area contributed by atoms with Crippen LogP contribution in [0, 0.1) is 6.92 Å². The van der Waals surface area contributed by atoms with Crippen molar-refractivity contribution >= 4 is 24.8 Å². The SMILES string of the molecule is CNC(=O)COc1cc(C)c2c(c1)[B]OC2CC(=O)O. The van der Waals surface area contributed by atoms with Crippen LogP contribution in [0.25, 0.3) is 0 Å². The van der Waals surface area contributed by atoms with Gasteiger partial charge in [-0.15, -0.1) is 0 Å². The van der Waals surface area contributed by atoms with E-state index in [-0.39, 0.29) is 18.9 Å². The van der Waals surface area contributed by atoms with Crippen molar-refractivity contribution in [2.45, 2.75) is 19.4 Å². The Hall–Kier alpha value is -2.02. The van der Waals surface area contributed by atoms with E-state index in [9.17, 15) is 9.59 Å². The molecule has 2 rings (SSSR count). The number of benzene rings is 1. The van der Waals surface area contributed by atoms with E-state index in [1.807, 2.05) is 6.92 Å². The number of amides is 1. The number of fused-ring (bicyclic) bond motifs is 1. The smallest absolute Gasteiger partial charge is 0.331 e. The first-order chi connectivity index (χ1) is 9.51. The summed E-state index contributed by atoms with van der Waals surface area (Å²) in [4.78, 5) is 21.9. The molecule has 0 spiro atoms. The highest BCUT2D eigenvalue weighted by atomic mass is 16.5. The molecule has 20 heavy (non-hydrogen) atoms. The van der Waals surface area contributed by atoms with Crippen LogP contribution in [-0.4, -0.2) is 38.1 Å². The molecule has 0 aliphatic carbocycles. The first-order valence-corrected chi connectivity index (χ1v) is 6.19. The van der Waals surface area contributed by atoms with Gasteiger partial charge >= 0.3 is 13.5 Å². The third-order valence-electron chi connectivity index (χ3n) is 3.08. The average Bonchev–Trinajstić information content (AvgIpc) is 2.78. The molecule has 1 unspecified atom stereocenters. The van der Waals surface area contributed by atoms with Crippen LogP contribution in [0.4, 0.5) is 0 Å². The molecule has 0 fully saturated rings. The predicted octanol–water partition coefficient (Wildman–Crippen LogP) is -0.0897. The minimum atomic E-state index is -0.907. The maximum Gasteiger partial charge on any atom is 0.331 e. The number of carbonyl (C=O) groups excluding carboxylic acids is 1. The Labute approximate surface area is 117 Å². The Kier molecular flexibility index (Phi) is 4.29. The monoisotopic (exact) mass is 276 g/mol. The van der Waals surface area contributed by atoms with E-state index in [2.05, 4.69) is 5.32 Å². The lowest BCUT2D eigenvalue weighted by molar-refractivity contribution is -0.138. The molecule has 0 saturated heterocycles. The quantitative estimate of drug-likeness (QED) is 0.734. The second kappa shape index (κ2) is 5.96. The highest BCUT2D eigenvalue weighted by Gasteiger charge is 2.28. The van der Waals surface area contributed by atoms with Crippen molar-refractivity contribution in [2.24, 2.45) is 0 Å². The summed E-state index contributed by atoms with van der Waals surface area (Å²) in [6.07, 6.45) is -0.543. The van der Waals surface area contributed by atoms with Crippen molar-refractivity contribution in [2.75, 3.05) is 13.7 Å². The van der Waals surface area contributed by atoms with Crippen molar-refractivity contribution in [3.8, 4) is 5.75 Å². The highest BCUT2D eigenvalue weighted by Crippen LogP contribution is 2.29. The first-order valence-electron chi connectivity index (χ1n) is 6.19. The number of rotatable bonds is 5. The van der Waals surface area contributed by atoms with Gasteiger partial charge in [0, 0.05) is 7.05 Å². The summed E-state index contributed by atoms with van der Waals surface area (Å²) in [5.41, 5.74) is 2.54. The van der Waals surface area contributed by atoms with E-state index in [4.69, 9.17) is 14.5 Å². The Balaban J connectivity index is 2.16. The van der Waals surface area contributed by atoms with Gasteiger partial charge in [0.25, 0.3) is 5.91 Å². The van der Waals surface area contributed by atoms with E-state index < -0.39 is 12.1 Å². The second-order valence-corrected chi connectivity index (χ2v) is 4.55. The Morgan fingerprint density at radius 1 is 1.50 bits per heavy atom. The number of aryl methyl sites for hydroxylation is 1. The molecule has 0 bridgehead atoms. The molecule has 7 heteroatoms. The lowest BCUT2D eigenvalue weighted by atomic mass is 9.84. The molecule has 2 N–H and O–H groups in total. The standard InChI is InChI=1S/C13H15BNO5/c1-7-3-8(19-6-11(16)15-2)4-9-13(7)10(20-14-9)5-12(17)18/h3-4,10H,5-6H2,1-2H3,(H,15,16)(H,17,18). The zero-order valence-corrected chi connectivity index (χ0v) is 11.3. The van der Waals surface area contributed by atoms with Crippen molar-refractivity contribution in [1.82, 2.24) is 5.32 Å². The van der Waals surface area contributed by atoms with E-state index >= 15 is 0 Å². The highest BCUT2D eigenvalue weighted by molar-refractivity contribution is 6.49. The van der Waals surface area contributed by atoms with Crippen molar-refractivity contribution in [3.05, 3.63) is 23.3 Å². The third kappa shape index (κ3) is 3.11. The largest absolute Gasteiger partial charge is 0.484 e. The van der Waals surface area contributed by atoms with Crippen LogP contribution in [0.15, 0.2) is 12.1 Å². The van der Waals surface area contributed by atoms with Crippen LogP contribution < -0.4 is 15.5 Å². The van der Waals surface area contributed by atoms with E-state index in [1.54, 1.807) is 12.1 Å². The van der Waals surface area contributed by atoms with Crippen LogP contribution in [-0.2, 0) is 14.2 Å². The number of hydrogen-bond acceptors (Lipinski definition) is 4. The summed E-state index contributed by atoms with van der Waals surface area (Å²) in [7, 11) is 3.07. The fourth-order valence-corrected chi connectivity index (χ4v) is 2.17. The summed E-state index contributed by atoms with van der Waals surface area (Å²) in [5, 5.41) is 11.3. The zero-order chi connectivity index (χ0) is 14.7. The molecule has 6 nitrogen and oxygen atoms in total. The minimum Gasteiger partial charge on any atom is -0.484 e. The van der Waals surface area contributed by atoms with Crippen molar-refractivity contribution < 1.29 is 24.1 Å². The average molecular weight is 276 g/mol. The van der Waals surface area contributed by atoms with Gasteiger partial charge in [-0.2, -0.15) is 0 Å². The summed E-state index contributed by atoms with van der Waals surface area (Å²) in [6, 6.07) is 3.52. The number of nitrogens with one attached hydrogen (secondary N) is 1. The lowest BCUT2D eigenvalue weighted by Gasteiger charge is -2.14. The number of ether oxygens (including phenoxy) is 1. The lowest BCUT2D eigenvalue weighted by Crippen LogP contribution is -2.25. The van der Waals surface area contributed by atoms with Crippen LogP contribution in [0.5, 0.6) is 5.75 Å². The van der Waals surface area contributed by atoms with Gasteiger partial charge in [-0.05, 0) is 35.6 Å². The van der Waals surface area contributed by atoms with E-state index in [0.717, 1.165) is 16.6 Å². The van der Waals surface area contributed by atoms with Crippen LogP contribution in [0.3, 0.4) is 0 Å². The molecule has 1 aliphatic rings. The molecule has 1 aromatic carbocycles. The van der Waals surface area contributed by atoms with Gasteiger partial charge in [-0.1, -0.05) is 0 Å². The van der Waals surface area contributed by atoms with Gasteiger partial charge in [0.1, 0.15) is 5.75 Å². The van der Waals surface area contributed by atoms with Crippen LogP contribution >= 0.6 is 0 Å². The maximum atomic E-state index is 11.1. The molecule has 0 aromatic heterocycles. The van der Waals surface area contributed by atoms with E-state index in [0.29, 0.717) is 5.75 Å². The molecular weight excluding hydrogens is 261 g/mol. The molecule has 1 radical (unpaired) electrons. The molecule has 0 saturated carbocycles. The fourth-order valence-electron chi connectivity index (χ4n) is 2.17. The Morgan fingerprint density at radius 3 is 2.90 bits per heavy atom. The van der Waals surface area contributed by atoms with E-state index in [1.165, 1.54) is 14.5 Å². The minimum absolute atomic E-state index is 0.0614. The third-order valence-corrected chi connectivity index (χ3v) is 3.08. The molecule has 1 aromatic rings. The number of hydrogen-bond donors (Lipinski definition) is 2. The number of carbonyl (C=O) groups is 2. The normalized spacial score (nSPS) is 16.2. The summed E-state index contributed by atoms with van der Waals surface area (Å²) in [5.74, 6) is -0.566. The van der Waals surface area contributed by atoms with Gasteiger partial charge in [-0.25, -0.2) is 0 Å².